The first-order valence-corrected chi connectivity index (χ1v) is 6.57. The van der Waals surface area contributed by atoms with Gasteiger partial charge in [-0.25, -0.2) is 0 Å². The van der Waals surface area contributed by atoms with Crippen LogP contribution in [0.3, 0.4) is 0 Å². The Hall–Kier alpha value is -1.31. The summed E-state index contributed by atoms with van der Waals surface area (Å²) in [6, 6.07) is 10.1. The molecular formula is C15H19NO. The van der Waals surface area contributed by atoms with Crippen LogP contribution in [-0.2, 0) is 10.2 Å². The van der Waals surface area contributed by atoms with Gasteiger partial charge in [-0.05, 0) is 30.2 Å². The van der Waals surface area contributed by atoms with E-state index >= 15 is 0 Å². The summed E-state index contributed by atoms with van der Waals surface area (Å²) < 4.78 is 0. The van der Waals surface area contributed by atoms with Gasteiger partial charge < -0.3 is 5.73 Å². The minimum atomic E-state index is -0.352. The number of hydrogen-bond acceptors (Lipinski definition) is 1. The fraction of sp³-hybridized carbons (Fsp3) is 0.533. The zero-order chi connectivity index (χ0) is 11.9. The Morgan fingerprint density at radius 1 is 1.06 bits per heavy atom. The molecule has 2 N–H and O–H groups in total. The van der Waals surface area contributed by atoms with Crippen LogP contribution in [0.2, 0.25) is 0 Å². The van der Waals surface area contributed by atoms with Gasteiger partial charge in [0.25, 0.3) is 0 Å². The third-order valence-corrected chi connectivity index (χ3v) is 4.88. The molecule has 1 amide bonds. The van der Waals surface area contributed by atoms with Crippen molar-refractivity contribution in [3.8, 4) is 0 Å². The Morgan fingerprint density at radius 3 is 2.29 bits per heavy atom. The lowest BCUT2D eigenvalue weighted by Crippen LogP contribution is -2.35. The molecule has 0 aliphatic heterocycles. The van der Waals surface area contributed by atoms with Crippen LogP contribution in [0, 0.1) is 5.41 Å². The summed E-state index contributed by atoms with van der Waals surface area (Å²) in [6.07, 6.45) is 7.13. The Bertz CT molecular complexity index is 433. The largest absolute Gasteiger partial charge is 0.369 e. The van der Waals surface area contributed by atoms with E-state index in [9.17, 15) is 4.79 Å². The number of nitrogens with two attached hydrogens (primary N) is 1. The van der Waals surface area contributed by atoms with Gasteiger partial charge in [0.15, 0.2) is 0 Å². The molecule has 2 aliphatic carbocycles. The van der Waals surface area contributed by atoms with E-state index in [1.54, 1.807) is 0 Å². The molecule has 1 atom stereocenters. The molecule has 0 radical (unpaired) electrons. The smallest absolute Gasteiger partial charge is 0.228 e. The number of carbonyl (C=O) groups is 1. The topological polar surface area (TPSA) is 43.1 Å². The summed E-state index contributed by atoms with van der Waals surface area (Å²) >= 11 is 0. The highest BCUT2D eigenvalue weighted by molar-refractivity contribution is 5.92. The summed E-state index contributed by atoms with van der Waals surface area (Å²) in [5, 5.41) is 0. The van der Waals surface area contributed by atoms with Crippen LogP contribution in [0.1, 0.15) is 44.1 Å². The molecule has 90 valence electrons. The number of hydrogen-bond donors (Lipinski definition) is 1. The molecule has 2 nitrogen and oxygen atoms in total. The predicted molar refractivity (Wildman–Crippen MR) is 67.4 cm³/mol. The van der Waals surface area contributed by atoms with Crippen LogP contribution in [-0.4, -0.2) is 5.91 Å². The first kappa shape index (κ1) is 10.8. The molecule has 2 saturated carbocycles. The van der Waals surface area contributed by atoms with Crippen LogP contribution in [0.4, 0.5) is 0 Å². The molecule has 0 heterocycles. The van der Waals surface area contributed by atoms with Gasteiger partial charge in [-0.15, -0.1) is 0 Å². The van der Waals surface area contributed by atoms with E-state index in [1.807, 2.05) is 18.2 Å². The standard InChI is InChI=1S/C15H19NO/c16-13(17)15(12-7-3-1-4-8-12)11-14(15)9-5-2-6-10-14/h1,3-4,7-8H,2,5-6,9-11H2,(H2,16,17). The first-order chi connectivity index (χ1) is 8.21. The van der Waals surface area contributed by atoms with Gasteiger partial charge in [-0.2, -0.15) is 0 Å². The minimum Gasteiger partial charge on any atom is -0.369 e. The normalized spacial score (nSPS) is 30.1. The number of benzene rings is 1. The van der Waals surface area contributed by atoms with E-state index in [0.717, 1.165) is 12.0 Å². The Labute approximate surface area is 102 Å². The van der Waals surface area contributed by atoms with Crippen molar-refractivity contribution in [2.24, 2.45) is 11.1 Å². The van der Waals surface area contributed by atoms with E-state index in [1.165, 1.54) is 32.1 Å². The lowest BCUT2D eigenvalue weighted by Gasteiger charge is -2.27. The zero-order valence-corrected chi connectivity index (χ0v) is 10.1. The maximum absolute atomic E-state index is 12.0. The molecule has 1 aromatic rings. The highest BCUT2D eigenvalue weighted by Gasteiger charge is 2.70. The van der Waals surface area contributed by atoms with Crippen LogP contribution in [0.15, 0.2) is 30.3 Å². The van der Waals surface area contributed by atoms with Crippen LogP contribution in [0.25, 0.3) is 0 Å². The van der Waals surface area contributed by atoms with Crippen molar-refractivity contribution in [3.63, 3.8) is 0 Å². The van der Waals surface area contributed by atoms with Gasteiger partial charge >= 0.3 is 0 Å². The number of carbonyl (C=O) groups excluding carboxylic acids is 1. The number of amides is 1. The molecule has 0 aromatic heterocycles. The molecule has 0 saturated heterocycles. The fourth-order valence-electron chi connectivity index (χ4n) is 3.92. The predicted octanol–water partition coefficient (Wildman–Crippen LogP) is 2.76. The van der Waals surface area contributed by atoms with Crippen LogP contribution >= 0.6 is 0 Å². The molecule has 1 unspecified atom stereocenters. The number of primary amides is 1. The van der Waals surface area contributed by atoms with Crippen LogP contribution < -0.4 is 5.73 Å². The molecule has 2 fully saturated rings. The van der Waals surface area contributed by atoms with Crippen LogP contribution in [0.5, 0.6) is 0 Å². The summed E-state index contributed by atoms with van der Waals surface area (Å²) in [5.74, 6) is -0.120. The van der Waals surface area contributed by atoms with Crippen molar-refractivity contribution in [1.29, 1.82) is 0 Å². The van der Waals surface area contributed by atoms with E-state index in [0.29, 0.717) is 0 Å². The average Bonchev–Trinajstić information content (AvgIpc) is 3.01. The van der Waals surface area contributed by atoms with E-state index in [4.69, 9.17) is 5.73 Å². The summed E-state index contributed by atoms with van der Waals surface area (Å²) in [4.78, 5) is 12.0. The summed E-state index contributed by atoms with van der Waals surface area (Å²) in [7, 11) is 0. The Balaban J connectivity index is 2.00. The van der Waals surface area contributed by atoms with Gasteiger partial charge in [0.1, 0.15) is 0 Å². The molecule has 1 spiro atoms. The highest BCUT2D eigenvalue weighted by atomic mass is 16.1. The average molecular weight is 229 g/mol. The van der Waals surface area contributed by atoms with Gasteiger partial charge in [-0.3, -0.25) is 4.79 Å². The molecular weight excluding hydrogens is 210 g/mol. The number of rotatable bonds is 2. The summed E-state index contributed by atoms with van der Waals surface area (Å²) in [5.41, 5.74) is 6.71. The van der Waals surface area contributed by atoms with Gasteiger partial charge in [-0.1, -0.05) is 49.6 Å². The van der Waals surface area contributed by atoms with Gasteiger partial charge in [0.05, 0.1) is 5.41 Å². The third kappa shape index (κ3) is 1.36. The lowest BCUT2D eigenvalue weighted by atomic mass is 9.76. The second kappa shape index (κ2) is 3.59. The molecule has 17 heavy (non-hydrogen) atoms. The molecule has 2 aliphatic rings. The van der Waals surface area contributed by atoms with Crippen molar-refractivity contribution in [2.75, 3.05) is 0 Å². The fourth-order valence-corrected chi connectivity index (χ4v) is 3.92. The van der Waals surface area contributed by atoms with Crippen molar-refractivity contribution >= 4 is 5.91 Å². The van der Waals surface area contributed by atoms with Crippen molar-refractivity contribution in [1.82, 2.24) is 0 Å². The minimum absolute atomic E-state index is 0.120. The maximum Gasteiger partial charge on any atom is 0.228 e. The molecule has 1 aromatic carbocycles. The van der Waals surface area contributed by atoms with E-state index in [2.05, 4.69) is 12.1 Å². The zero-order valence-electron chi connectivity index (χ0n) is 10.1. The maximum atomic E-state index is 12.0. The van der Waals surface area contributed by atoms with Crippen molar-refractivity contribution < 1.29 is 4.79 Å². The highest BCUT2D eigenvalue weighted by Crippen LogP contribution is 2.70. The Morgan fingerprint density at radius 2 is 1.71 bits per heavy atom. The van der Waals surface area contributed by atoms with E-state index < -0.39 is 0 Å². The van der Waals surface area contributed by atoms with Gasteiger partial charge in [0, 0.05) is 0 Å². The van der Waals surface area contributed by atoms with Gasteiger partial charge in [0.2, 0.25) is 5.91 Å². The molecule has 3 rings (SSSR count). The molecule has 0 bridgehead atoms. The quantitative estimate of drug-likeness (QED) is 0.832. The molecule has 2 heteroatoms. The van der Waals surface area contributed by atoms with Crippen molar-refractivity contribution in [3.05, 3.63) is 35.9 Å². The summed E-state index contributed by atoms with van der Waals surface area (Å²) in [6.45, 7) is 0. The Kier molecular flexibility index (Phi) is 2.29. The monoisotopic (exact) mass is 229 g/mol. The lowest BCUT2D eigenvalue weighted by molar-refractivity contribution is -0.121. The van der Waals surface area contributed by atoms with Crippen molar-refractivity contribution in [2.45, 2.75) is 43.9 Å². The third-order valence-electron chi connectivity index (χ3n) is 4.88. The second-order valence-electron chi connectivity index (χ2n) is 5.65. The second-order valence-corrected chi connectivity index (χ2v) is 5.65. The first-order valence-electron chi connectivity index (χ1n) is 6.57. The van der Waals surface area contributed by atoms with E-state index in [-0.39, 0.29) is 16.7 Å². The SMILES string of the molecule is NC(=O)C1(c2ccccc2)CC12CCCCC2.